The summed E-state index contributed by atoms with van der Waals surface area (Å²) < 4.78 is 5.55. The molecule has 1 aromatic heterocycles. The minimum Gasteiger partial charge on any atom is -0.465 e. The molecule has 24 heavy (non-hydrogen) atoms. The predicted octanol–water partition coefficient (Wildman–Crippen LogP) is 1.71. The van der Waals surface area contributed by atoms with E-state index in [0.717, 1.165) is 24.6 Å². The lowest BCUT2D eigenvalue weighted by Gasteiger charge is -2.38. The molecule has 0 N–H and O–H groups in total. The number of nitriles is 1. The molecule has 1 atom stereocenters. The standard InChI is InChI=1S/C18H28N4O2/c1-14(2)17(11-19)21-7-9-22(10-8-21)18(23)13-20(4)12-16-6-5-15(3)24-16/h5-6,14,17H,7-10,12-13H2,1-4H3/t17-/m1/s1. The Morgan fingerprint density at radius 2 is 2.00 bits per heavy atom. The molecule has 0 aromatic carbocycles. The van der Waals surface area contributed by atoms with E-state index in [9.17, 15) is 10.1 Å². The van der Waals surface area contributed by atoms with Crippen LogP contribution in [0.5, 0.6) is 0 Å². The largest absolute Gasteiger partial charge is 0.465 e. The van der Waals surface area contributed by atoms with E-state index in [-0.39, 0.29) is 11.9 Å². The van der Waals surface area contributed by atoms with Gasteiger partial charge in [-0.2, -0.15) is 5.26 Å². The first-order valence-corrected chi connectivity index (χ1v) is 8.56. The molecule has 6 heteroatoms. The summed E-state index contributed by atoms with van der Waals surface area (Å²) in [5.74, 6) is 2.21. The third-order valence-corrected chi connectivity index (χ3v) is 4.45. The number of likely N-dealkylation sites (N-methyl/N-ethyl adjacent to an activating group) is 1. The predicted molar refractivity (Wildman–Crippen MR) is 92.2 cm³/mol. The Labute approximate surface area is 144 Å². The van der Waals surface area contributed by atoms with E-state index in [1.165, 1.54) is 0 Å². The van der Waals surface area contributed by atoms with Gasteiger partial charge in [0.15, 0.2) is 0 Å². The fourth-order valence-electron chi connectivity index (χ4n) is 3.12. The maximum atomic E-state index is 12.5. The number of amides is 1. The number of piperazine rings is 1. The highest BCUT2D eigenvalue weighted by Crippen LogP contribution is 2.14. The van der Waals surface area contributed by atoms with Crippen molar-refractivity contribution in [3.05, 3.63) is 23.7 Å². The van der Waals surface area contributed by atoms with E-state index >= 15 is 0 Å². The Balaban J connectivity index is 1.79. The topological polar surface area (TPSA) is 63.7 Å². The fourth-order valence-corrected chi connectivity index (χ4v) is 3.12. The number of carbonyl (C=O) groups excluding carboxylic acids is 1. The van der Waals surface area contributed by atoms with E-state index in [0.29, 0.717) is 32.1 Å². The van der Waals surface area contributed by atoms with Crippen molar-refractivity contribution in [2.45, 2.75) is 33.4 Å². The fraction of sp³-hybridized carbons (Fsp3) is 0.667. The maximum absolute atomic E-state index is 12.5. The van der Waals surface area contributed by atoms with Crippen LogP contribution in [0.3, 0.4) is 0 Å². The second kappa shape index (κ2) is 8.32. The van der Waals surface area contributed by atoms with Crippen LogP contribution in [0.25, 0.3) is 0 Å². The van der Waals surface area contributed by atoms with Crippen molar-refractivity contribution in [1.82, 2.24) is 14.7 Å². The molecule has 1 aliphatic rings. The average molecular weight is 332 g/mol. The first kappa shape index (κ1) is 18.5. The van der Waals surface area contributed by atoms with Gasteiger partial charge in [-0.05, 0) is 32.0 Å². The third-order valence-electron chi connectivity index (χ3n) is 4.45. The molecule has 0 aliphatic carbocycles. The number of hydrogen-bond donors (Lipinski definition) is 0. The molecule has 6 nitrogen and oxygen atoms in total. The number of nitrogens with zero attached hydrogens (tertiary/aromatic N) is 4. The summed E-state index contributed by atoms with van der Waals surface area (Å²) in [5, 5.41) is 9.30. The monoisotopic (exact) mass is 332 g/mol. The zero-order valence-corrected chi connectivity index (χ0v) is 15.2. The molecule has 0 saturated carbocycles. The molecule has 1 aliphatic heterocycles. The van der Waals surface area contributed by atoms with Crippen molar-refractivity contribution in [3.63, 3.8) is 0 Å². The number of rotatable bonds is 6. The lowest BCUT2D eigenvalue weighted by molar-refractivity contribution is -0.134. The Bertz CT molecular complexity index is 582. The van der Waals surface area contributed by atoms with Gasteiger partial charge >= 0.3 is 0 Å². The molecule has 2 rings (SSSR count). The van der Waals surface area contributed by atoms with Crippen LogP contribution in [-0.2, 0) is 11.3 Å². The van der Waals surface area contributed by atoms with E-state index in [2.05, 4.69) is 24.8 Å². The Hall–Kier alpha value is -1.84. The highest BCUT2D eigenvalue weighted by atomic mass is 16.3. The summed E-state index contributed by atoms with van der Waals surface area (Å²) in [6.07, 6.45) is 0. The summed E-state index contributed by atoms with van der Waals surface area (Å²) >= 11 is 0. The third kappa shape index (κ3) is 4.83. The van der Waals surface area contributed by atoms with Crippen LogP contribution in [0.1, 0.15) is 25.4 Å². The smallest absolute Gasteiger partial charge is 0.236 e. The number of carbonyl (C=O) groups is 1. The van der Waals surface area contributed by atoms with E-state index in [1.54, 1.807) is 0 Å². The molecule has 0 unspecified atom stereocenters. The minimum atomic E-state index is -0.0629. The van der Waals surface area contributed by atoms with Crippen molar-refractivity contribution in [3.8, 4) is 6.07 Å². The number of furan rings is 1. The summed E-state index contributed by atoms with van der Waals surface area (Å²) in [6, 6.07) is 6.20. The van der Waals surface area contributed by atoms with Gasteiger partial charge in [0.05, 0.1) is 19.2 Å². The van der Waals surface area contributed by atoms with Crippen LogP contribution in [0, 0.1) is 24.2 Å². The highest BCUT2D eigenvalue weighted by molar-refractivity contribution is 5.78. The Morgan fingerprint density at radius 1 is 1.33 bits per heavy atom. The molecular formula is C18H28N4O2. The zero-order chi connectivity index (χ0) is 17.7. The number of aryl methyl sites for hydroxylation is 1. The average Bonchev–Trinajstić information content (AvgIpc) is 2.93. The minimum absolute atomic E-state index is 0.0629. The van der Waals surface area contributed by atoms with E-state index in [1.807, 2.05) is 35.9 Å². The Kier molecular flexibility index (Phi) is 6.41. The molecule has 1 fully saturated rings. The second-order valence-electron chi connectivity index (χ2n) is 6.92. The lowest BCUT2D eigenvalue weighted by atomic mass is 10.0. The SMILES string of the molecule is Cc1ccc(CN(C)CC(=O)N2CCN([C@H](C#N)C(C)C)CC2)o1. The molecular weight excluding hydrogens is 304 g/mol. The van der Waals surface area contributed by atoms with Crippen molar-refractivity contribution in [2.75, 3.05) is 39.8 Å². The van der Waals surface area contributed by atoms with Crippen molar-refractivity contribution >= 4 is 5.91 Å². The lowest BCUT2D eigenvalue weighted by Crippen LogP contribution is -2.54. The van der Waals surface area contributed by atoms with Gasteiger partial charge in [-0.15, -0.1) is 0 Å². The zero-order valence-electron chi connectivity index (χ0n) is 15.2. The van der Waals surface area contributed by atoms with Gasteiger partial charge in [0.2, 0.25) is 5.91 Å². The van der Waals surface area contributed by atoms with Gasteiger partial charge in [0.1, 0.15) is 17.6 Å². The molecule has 0 bridgehead atoms. The van der Waals surface area contributed by atoms with Gasteiger partial charge in [0, 0.05) is 26.2 Å². The number of hydrogen-bond acceptors (Lipinski definition) is 5. The summed E-state index contributed by atoms with van der Waals surface area (Å²) in [4.78, 5) is 18.5. The van der Waals surface area contributed by atoms with Gasteiger partial charge in [0.25, 0.3) is 0 Å². The summed E-state index contributed by atoms with van der Waals surface area (Å²) in [7, 11) is 1.93. The summed E-state index contributed by atoms with van der Waals surface area (Å²) in [6.45, 7) is 9.98. The van der Waals surface area contributed by atoms with Crippen LogP contribution in [-0.4, -0.2) is 66.4 Å². The molecule has 1 aromatic rings. The van der Waals surface area contributed by atoms with Crippen LogP contribution in [0.4, 0.5) is 0 Å². The first-order chi connectivity index (χ1) is 11.4. The van der Waals surface area contributed by atoms with Gasteiger partial charge in [-0.25, -0.2) is 0 Å². The van der Waals surface area contributed by atoms with Gasteiger partial charge in [-0.3, -0.25) is 14.6 Å². The molecule has 132 valence electrons. The normalized spacial score (nSPS) is 17.3. The molecule has 0 spiro atoms. The van der Waals surface area contributed by atoms with Crippen molar-refractivity contribution in [1.29, 1.82) is 5.26 Å². The van der Waals surface area contributed by atoms with E-state index in [4.69, 9.17) is 4.42 Å². The van der Waals surface area contributed by atoms with Crippen molar-refractivity contribution < 1.29 is 9.21 Å². The highest BCUT2D eigenvalue weighted by Gasteiger charge is 2.27. The van der Waals surface area contributed by atoms with Crippen LogP contribution in [0.15, 0.2) is 16.5 Å². The first-order valence-electron chi connectivity index (χ1n) is 8.56. The van der Waals surface area contributed by atoms with Gasteiger partial charge < -0.3 is 9.32 Å². The second-order valence-corrected chi connectivity index (χ2v) is 6.92. The molecule has 1 saturated heterocycles. The van der Waals surface area contributed by atoms with Gasteiger partial charge in [-0.1, -0.05) is 13.8 Å². The Morgan fingerprint density at radius 3 is 2.50 bits per heavy atom. The van der Waals surface area contributed by atoms with Crippen LogP contribution >= 0.6 is 0 Å². The summed E-state index contributed by atoms with van der Waals surface area (Å²) in [5.41, 5.74) is 0. The van der Waals surface area contributed by atoms with Crippen LogP contribution < -0.4 is 0 Å². The maximum Gasteiger partial charge on any atom is 0.236 e. The molecule has 1 amide bonds. The quantitative estimate of drug-likeness (QED) is 0.793. The van der Waals surface area contributed by atoms with Crippen molar-refractivity contribution in [2.24, 2.45) is 5.92 Å². The van der Waals surface area contributed by atoms with E-state index < -0.39 is 0 Å². The van der Waals surface area contributed by atoms with Crippen LogP contribution in [0.2, 0.25) is 0 Å². The molecule has 0 radical (unpaired) electrons. The molecule has 2 heterocycles.